The molecule has 0 aliphatic carbocycles. The molecule has 33 heavy (non-hydrogen) atoms. The lowest BCUT2D eigenvalue weighted by Gasteiger charge is -2.31. The molecule has 0 aromatic heterocycles. The summed E-state index contributed by atoms with van der Waals surface area (Å²) in [5.41, 5.74) is 3.23. The number of imide groups is 1. The van der Waals surface area contributed by atoms with Crippen molar-refractivity contribution in [2.24, 2.45) is 0 Å². The zero-order valence-electron chi connectivity index (χ0n) is 18.8. The van der Waals surface area contributed by atoms with Crippen LogP contribution in [-0.4, -0.2) is 42.7 Å². The molecule has 174 valence electrons. The highest BCUT2D eigenvalue weighted by Gasteiger charge is 2.31. The van der Waals surface area contributed by atoms with E-state index in [1.54, 1.807) is 24.3 Å². The van der Waals surface area contributed by atoms with E-state index in [-0.39, 0.29) is 35.9 Å². The lowest BCUT2D eigenvalue weighted by Crippen LogP contribution is -2.50. The molecule has 1 aliphatic rings. The first-order chi connectivity index (χ1) is 15.5. The molecule has 0 unspecified atom stereocenters. The largest absolute Gasteiger partial charge is 0.496 e. The van der Waals surface area contributed by atoms with Crippen LogP contribution in [0.5, 0.6) is 5.75 Å². The summed E-state index contributed by atoms with van der Waals surface area (Å²) >= 11 is 0. The number of ether oxygens (including phenoxy) is 1. The number of nitrogens with one attached hydrogen (secondary N) is 2. The van der Waals surface area contributed by atoms with Gasteiger partial charge in [0.25, 0.3) is 5.91 Å². The predicted octanol–water partition coefficient (Wildman–Crippen LogP) is 3.27. The van der Waals surface area contributed by atoms with Gasteiger partial charge in [0.15, 0.2) is 0 Å². The van der Waals surface area contributed by atoms with Crippen LogP contribution in [0.4, 0.5) is 21.0 Å². The van der Waals surface area contributed by atoms with E-state index < -0.39 is 23.4 Å². The van der Waals surface area contributed by atoms with Gasteiger partial charge in [-0.2, -0.15) is 5.01 Å². The molecule has 0 bridgehead atoms. The molecule has 3 N–H and O–H groups in total. The standard InChI is InChI=1S/C23H26N4O6/c1-23(2,3)17-13-15(26-11-10-18(28)24-21(26)30)12-16(19(17)33-4)20(29)25-27(22(31)32)14-8-6-5-7-9-14/h5-9,12-13H,10-11H2,1-4H3,(H,25,29)(H,31,32)(H,24,28,30). The Hall–Kier alpha value is -4.08. The van der Waals surface area contributed by atoms with Crippen molar-refractivity contribution in [1.82, 2.24) is 10.7 Å². The third-order valence-corrected chi connectivity index (χ3v) is 5.12. The molecule has 1 aliphatic heterocycles. The van der Waals surface area contributed by atoms with Crippen molar-refractivity contribution >= 4 is 35.3 Å². The highest BCUT2D eigenvalue weighted by atomic mass is 16.5. The smallest absolute Gasteiger partial charge is 0.431 e. The molecule has 0 atom stereocenters. The molecule has 2 aromatic carbocycles. The number of hydrogen-bond acceptors (Lipinski definition) is 5. The second-order valence-corrected chi connectivity index (χ2v) is 8.47. The topological polar surface area (TPSA) is 128 Å². The van der Waals surface area contributed by atoms with Crippen LogP contribution in [0.15, 0.2) is 42.5 Å². The van der Waals surface area contributed by atoms with Crippen molar-refractivity contribution in [1.29, 1.82) is 0 Å². The van der Waals surface area contributed by atoms with E-state index in [9.17, 15) is 24.3 Å². The number of rotatable bonds is 4. The zero-order valence-corrected chi connectivity index (χ0v) is 18.8. The normalized spacial score (nSPS) is 13.9. The number of anilines is 2. The maximum atomic E-state index is 13.3. The zero-order chi connectivity index (χ0) is 24.3. The minimum Gasteiger partial charge on any atom is -0.496 e. The Bertz CT molecular complexity index is 1090. The summed E-state index contributed by atoms with van der Waals surface area (Å²) in [4.78, 5) is 50.5. The Balaban J connectivity index is 2.09. The van der Waals surface area contributed by atoms with Crippen LogP contribution in [0.3, 0.4) is 0 Å². The van der Waals surface area contributed by atoms with Gasteiger partial charge in [-0.05, 0) is 29.7 Å². The second-order valence-electron chi connectivity index (χ2n) is 8.47. The van der Waals surface area contributed by atoms with E-state index >= 15 is 0 Å². The first-order valence-corrected chi connectivity index (χ1v) is 10.3. The fourth-order valence-electron chi connectivity index (χ4n) is 3.49. The fraction of sp³-hybridized carbons (Fsp3) is 0.304. The van der Waals surface area contributed by atoms with Crippen LogP contribution in [0, 0.1) is 0 Å². The van der Waals surface area contributed by atoms with Crippen LogP contribution < -0.4 is 25.4 Å². The van der Waals surface area contributed by atoms with E-state index in [0.29, 0.717) is 16.3 Å². The van der Waals surface area contributed by atoms with Gasteiger partial charge in [-0.1, -0.05) is 39.0 Å². The summed E-state index contributed by atoms with van der Waals surface area (Å²) in [6, 6.07) is 10.7. The molecular formula is C23H26N4O6. The summed E-state index contributed by atoms with van der Waals surface area (Å²) in [7, 11) is 1.42. The summed E-state index contributed by atoms with van der Waals surface area (Å²) in [6.45, 7) is 5.91. The molecule has 0 radical (unpaired) electrons. The summed E-state index contributed by atoms with van der Waals surface area (Å²) in [5.74, 6) is -0.853. The van der Waals surface area contributed by atoms with Gasteiger partial charge in [0.05, 0.1) is 18.4 Å². The minimum atomic E-state index is -1.38. The molecule has 1 heterocycles. The number of carbonyl (C=O) groups excluding carboxylic acids is 3. The van der Waals surface area contributed by atoms with Crippen LogP contribution in [-0.2, 0) is 10.2 Å². The van der Waals surface area contributed by atoms with Gasteiger partial charge in [0, 0.05) is 24.2 Å². The molecule has 1 fully saturated rings. The molecule has 10 nitrogen and oxygen atoms in total. The van der Waals surface area contributed by atoms with Crippen LogP contribution >= 0.6 is 0 Å². The van der Waals surface area contributed by atoms with Gasteiger partial charge in [-0.15, -0.1) is 0 Å². The highest BCUT2D eigenvalue weighted by Crippen LogP contribution is 2.38. The molecule has 10 heteroatoms. The summed E-state index contributed by atoms with van der Waals surface area (Å²) < 4.78 is 5.56. The SMILES string of the molecule is COc1c(C(=O)NN(C(=O)O)c2ccccc2)cc(N2CCC(=O)NC2=O)cc1C(C)(C)C. The molecule has 0 spiro atoms. The third-order valence-electron chi connectivity index (χ3n) is 5.12. The minimum absolute atomic E-state index is 0.0480. The predicted molar refractivity (Wildman–Crippen MR) is 122 cm³/mol. The van der Waals surface area contributed by atoms with Gasteiger partial charge in [0.2, 0.25) is 5.91 Å². The lowest BCUT2D eigenvalue weighted by molar-refractivity contribution is -0.120. The van der Waals surface area contributed by atoms with Crippen LogP contribution in [0.25, 0.3) is 0 Å². The Morgan fingerprint density at radius 2 is 1.82 bits per heavy atom. The van der Waals surface area contributed by atoms with Gasteiger partial charge < -0.3 is 9.84 Å². The Labute approximate surface area is 191 Å². The second kappa shape index (κ2) is 9.19. The average Bonchev–Trinajstić information content (AvgIpc) is 2.76. The monoisotopic (exact) mass is 454 g/mol. The van der Waals surface area contributed by atoms with Crippen molar-refractivity contribution < 1.29 is 29.0 Å². The summed E-state index contributed by atoms with van der Waals surface area (Å²) in [6.07, 6.45) is -1.26. The van der Waals surface area contributed by atoms with E-state index in [1.165, 1.54) is 30.2 Å². The Kier molecular flexibility index (Phi) is 6.57. The molecule has 2 aromatic rings. The molecule has 5 amide bonds. The molecule has 0 saturated carbocycles. The van der Waals surface area contributed by atoms with E-state index in [4.69, 9.17) is 4.74 Å². The first-order valence-electron chi connectivity index (χ1n) is 10.3. The number of nitrogens with zero attached hydrogens (tertiary/aromatic N) is 2. The van der Waals surface area contributed by atoms with Gasteiger partial charge in [-0.3, -0.25) is 25.2 Å². The van der Waals surface area contributed by atoms with E-state index in [2.05, 4.69) is 10.7 Å². The lowest BCUT2D eigenvalue weighted by atomic mass is 9.84. The fourth-order valence-corrected chi connectivity index (χ4v) is 3.49. The number of hydrogen-bond donors (Lipinski definition) is 3. The third kappa shape index (κ3) is 5.05. The number of amides is 5. The van der Waals surface area contributed by atoms with Crippen molar-refractivity contribution in [2.45, 2.75) is 32.6 Å². The van der Waals surface area contributed by atoms with Gasteiger partial charge in [-0.25, -0.2) is 9.59 Å². The number of carbonyl (C=O) groups is 4. The number of para-hydroxylation sites is 1. The van der Waals surface area contributed by atoms with Crippen LogP contribution in [0.2, 0.25) is 0 Å². The maximum Gasteiger partial charge on any atom is 0.431 e. The first kappa shape index (κ1) is 23.6. The molecule has 1 saturated heterocycles. The Morgan fingerprint density at radius 1 is 1.15 bits per heavy atom. The number of urea groups is 1. The molecule has 3 rings (SSSR count). The molecular weight excluding hydrogens is 428 g/mol. The van der Waals surface area contributed by atoms with Crippen molar-refractivity contribution in [2.75, 3.05) is 23.6 Å². The van der Waals surface area contributed by atoms with Crippen molar-refractivity contribution in [3.63, 3.8) is 0 Å². The van der Waals surface area contributed by atoms with Crippen LogP contribution in [0.1, 0.15) is 43.1 Å². The van der Waals surface area contributed by atoms with Crippen molar-refractivity contribution in [3.8, 4) is 5.75 Å². The number of methoxy groups -OCH3 is 1. The van der Waals surface area contributed by atoms with E-state index in [0.717, 1.165) is 0 Å². The van der Waals surface area contributed by atoms with Crippen molar-refractivity contribution in [3.05, 3.63) is 53.6 Å². The number of benzene rings is 2. The van der Waals surface area contributed by atoms with Gasteiger partial charge in [0.1, 0.15) is 5.75 Å². The number of carboxylic acid groups (broad SMARTS) is 1. The van der Waals surface area contributed by atoms with Gasteiger partial charge >= 0.3 is 12.1 Å². The highest BCUT2D eigenvalue weighted by molar-refractivity contribution is 6.07. The average molecular weight is 454 g/mol. The quantitative estimate of drug-likeness (QED) is 0.609. The summed E-state index contributed by atoms with van der Waals surface area (Å²) in [5, 5.41) is 12.6. The maximum absolute atomic E-state index is 13.3. The Morgan fingerprint density at radius 3 is 2.36 bits per heavy atom. The van der Waals surface area contributed by atoms with E-state index in [1.807, 2.05) is 20.8 Å². The number of hydrazine groups is 1.